The molecular weight excluding hydrogens is 242 g/mol. The highest BCUT2D eigenvalue weighted by Gasteiger charge is 2.39. The number of likely N-dealkylation sites (N-methyl/N-ethyl adjacent to an activating group) is 1. The Morgan fingerprint density at radius 2 is 2.28 bits per heavy atom. The van der Waals surface area contributed by atoms with E-state index in [1.54, 1.807) is 4.88 Å². The fourth-order valence-corrected chi connectivity index (χ4v) is 4.41. The van der Waals surface area contributed by atoms with Crippen molar-refractivity contribution >= 4 is 11.3 Å². The van der Waals surface area contributed by atoms with E-state index in [-0.39, 0.29) is 0 Å². The molecule has 0 radical (unpaired) electrons. The molecule has 2 aliphatic rings. The monoisotopic (exact) mass is 265 g/mol. The van der Waals surface area contributed by atoms with Gasteiger partial charge in [0.1, 0.15) is 5.01 Å². The maximum atomic E-state index is 4.85. The van der Waals surface area contributed by atoms with Crippen molar-refractivity contribution in [2.24, 2.45) is 5.92 Å². The number of fused-ring (bicyclic) bond motifs is 4. The molecule has 0 amide bonds. The molecule has 2 atom stereocenters. The lowest BCUT2D eigenvalue weighted by atomic mass is 10.1. The van der Waals surface area contributed by atoms with Crippen molar-refractivity contribution in [1.82, 2.24) is 15.2 Å². The van der Waals surface area contributed by atoms with E-state index >= 15 is 0 Å². The summed E-state index contributed by atoms with van der Waals surface area (Å²) in [5.74, 6) is 0.710. The van der Waals surface area contributed by atoms with Crippen molar-refractivity contribution in [3.8, 4) is 0 Å². The van der Waals surface area contributed by atoms with Crippen molar-refractivity contribution in [3.63, 3.8) is 0 Å². The van der Waals surface area contributed by atoms with Crippen molar-refractivity contribution in [2.75, 3.05) is 13.6 Å². The Labute approximate surface area is 114 Å². The van der Waals surface area contributed by atoms with E-state index in [9.17, 15) is 0 Å². The molecule has 4 heteroatoms. The molecule has 1 aromatic heterocycles. The highest BCUT2D eigenvalue weighted by atomic mass is 32.1. The van der Waals surface area contributed by atoms with Crippen LogP contribution in [-0.2, 0) is 13.0 Å². The first-order valence-corrected chi connectivity index (χ1v) is 7.88. The summed E-state index contributed by atoms with van der Waals surface area (Å²) in [6.45, 7) is 6.51. The Balaban J connectivity index is 1.70. The molecule has 0 aliphatic carbocycles. The Morgan fingerprint density at radius 1 is 1.44 bits per heavy atom. The first kappa shape index (κ1) is 12.6. The zero-order chi connectivity index (χ0) is 12.7. The van der Waals surface area contributed by atoms with Crippen LogP contribution in [0.5, 0.6) is 0 Å². The van der Waals surface area contributed by atoms with Gasteiger partial charge in [-0.15, -0.1) is 11.3 Å². The van der Waals surface area contributed by atoms with Gasteiger partial charge in [-0.05, 0) is 32.4 Å². The van der Waals surface area contributed by atoms with Crippen LogP contribution in [-0.4, -0.2) is 29.5 Å². The van der Waals surface area contributed by atoms with Gasteiger partial charge in [-0.2, -0.15) is 0 Å². The van der Waals surface area contributed by atoms with Crippen LogP contribution >= 0.6 is 11.3 Å². The molecule has 1 aromatic rings. The molecule has 0 spiro atoms. The molecule has 1 fully saturated rings. The maximum Gasteiger partial charge on any atom is 0.107 e. The van der Waals surface area contributed by atoms with Crippen LogP contribution < -0.4 is 5.32 Å². The first-order valence-electron chi connectivity index (χ1n) is 7.06. The third-order valence-corrected chi connectivity index (χ3v) is 5.37. The molecule has 1 N–H and O–H groups in total. The van der Waals surface area contributed by atoms with Gasteiger partial charge >= 0.3 is 0 Å². The summed E-state index contributed by atoms with van der Waals surface area (Å²) >= 11 is 1.93. The third-order valence-electron chi connectivity index (χ3n) is 4.17. The lowest BCUT2D eigenvalue weighted by molar-refractivity contribution is 0.226. The van der Waals surface area contributed by atoms with Crippen molar-refractivity contribution in [3.05, 3.63) is 15.6 Å². The zero-order valence-corrected chi connectivity index (χ0v) is 12.4. The average Bonchev–Trinajstić information content (AvgIpc) is 2.80. The van der Waals surface area contributed by atoms with Crippen LogP contribution in [0.2, 0.25) is 0 Å². The standard InChI is InChI=1S/C14H23N3S/c1-9(2)7-15-8-13-16-11-6-10-4-5-12(17(10)3)14(11)18-13/h9-10,12,15H,4-8H2,1-3H3. The summed E-state index contributed by atoms with van der Waals surface area (Å²) in [5.41, 5.74) is 1.40. The fourth-order valence-electron chi connectivity index (χ4n) is 3.16. The van der Waals surface area contributed by atoms with E-state index in [0.717, 1.165) is 19.1 Å². The molecule has 18 heavy (non-hydrogen) atoms. The second-order valence-electron chi connectivity index (χ2n) is 6.06. The molecule has 1 saturated heterocycles. The highest BCUT2D eigenvalue weighted by molar-refractivity contribution is 7.11. The third kappa shape index (κ3) is 2.22. The number of nitrogens with zero attached hydrogens (tertiary/aromatic N) is 2. The number of nitrogens with one attached hydrogen (secondary N) is 1. The quantitative estimate of drug-likeness (QED) is 0.907. The fraction of sp³-hybridized carbons (Fsp3) is 0.786. The first-order chi connectivity index (χ1) is 8.65. The van der Waals surface area contributed by atoms with Crippen molar-refractivity contribution in [1.29, 1.82) is 0 Å². The van der Waals surface area contributed by atoms with Gasteiger partial charge in [0.25, 0.3) is 0 Å². The Hall–Kier alpha value is -0.450. The maximum absolute atomic E-state index is 4.85. The van der Waals surface area contributed by atoms with Crippen molar-refractivity contribution in [2.45, 2.75) is 51.7 Å². The molecule has 2 bridgehead atoms. The van der Waals surface area contributed by atoms with Crippen LogP contribution in [0, 0.1) is 5.92 Å². The molecular formula is C14H23N3S. The molecule has 100 valence electrons. The van der Waals surface area contributed by atoms with E-state index in [4.69, 9.17) is 4.98 Å². The van der Waals surface area contributed by atoms with Gasteiger partial charge in [0, 0.05) is 29.9 Å². The van der Waals surface area contributed by atoms with Gasteiger partial charge in [0.05, 0.1) is 5.69 Å². The zero-order valence-electron chi connectivity index (χ0n) is 11.6. The van der Waals surface area contributed by atoms with Crippen LogP contribution in [0.1, 0.15) is 48.3 Å². The molecule has 2 unspecified atom stereocenters. The van der Waals surface area contributed by atoms with Crippen LogP contribution in [0.15, 0.2) is 0 Å². The predicted molar refractivity (Wildman–Crippen MR) is 75.9 cm³/mol. The van der Waals surface area contributed by atoms with Crippen LogP contribution in [0.3, 0.4) is 0 Å². The summed E-state index contributed by atoms with van der Waals surface area (Å²) in [7, 11) is 2.28. The molecule has 2 aliphatic heterocycles. The van der Waals surface area contributed by atoms with E-state index in [0.29, 0.717) is 12.0 Å². The largest absolute Gasteiger partial charge is 0.310 e. The Kier molecular flexibility index (Phi) is 3.43. The van der Waals surface area contributed by atoms with Crippen LogP contribution in [0.4, 0.5) is 0 Å². The summed E-state index contributed by atoms with van der Waals surface area (Å²) in [6.07, 6.45) is 3.85. The van der Waals surface area contributed by atoms with Crippen LogP contribution in [0.25, 0.3) is 0 Å². The smallest absolute Gasteiger partial charge is 0.107 e. The Morgan fingerprint density at radius 3 is 3.06 bits per heavy atom. The summed E-state index contributed by atoms with van der Waals surface area (Å²) in [6, 6.07) is 1.41. The number of hydrogen-bond acceptors (Lipinski definition) is 4. The number of thiazole rings is 1. The second-order valence-corrected chi connectivity index (χ2v) is 7.18. The number of hydrogen-bond donors (Lipinski definition) is 1. The second kappa shape index (κ2) is 4.91. The highest BCUT2D eigenvalue weighted by Crippen LogP contribution is 2.44. The average molecular weight is 265 g/mol. The minimum Gasteiger partial charge on any atom is -0.310 e. The van der Waals surface area contributed by atoms with E-state index in [1.807, 2.05) is 11.3 Å². The Bertz CT molecular complexity index is 427. The number of rotatable bonds is 4. The predicted octanol–water partition coefficient (Wildman–Crippen LogP) is 2.58. The van der Waals surface area contributed by atoms with E-state index in [1.165, 1.54) is 30.0 Å². The van der Waals surface area contributed by atoms with Gasteiger partial charge < -0.3 is 5.32 Å². The van der Waals surface area contributed by atoms with Gasteiger partial charge in [-0.3, -0.25) is 4.90 Å². The summed E-state index contributed by atoms with van der Waals surface area (Å²) < 4.78 is 0. The molecule has 0 aromatic carbocycles. The molecule has 3 nitrogen and oxygen atoms in total. The topological polar surface area (TPSA) is 28.2 Å². The SMILES string of the molecule is CC(C)CNCc1nc2c(s1)C1CCC(C2)N1C. The summed E-state index contributed by atoms with van der Waals surface area (Å²) in [5, 5.41) is 4.78. The number of aromatic nitrogens is 1. The minimum atomic E-state index is 0.662. The summed E-state index contributed by atoms with van der Waals surface area (Å²) in [4.78, 5) is 8.96. The molecule has 3 rings (SSSR count). The lowest BCUT2D eigenvalue weighted by Gasteiger charge is -2.29. The van der Waals surface area contributed by atoms with Crippen molar-refractivity contribution < 1.29 is 0 Å². The lowest BCUT2D eigenvalue weighted by Crippen LogP contribution is -2.33. The van der Waals surface area contributed by atoms with Gasteiger partial charge in [-0.25, -0.2) is 4.98 Å². The van der Waals surface area contributed by atoms with Gasteiger partial charge in [-0.1, -0.05) is 13.8 Å². The van der Waals surface area contributed by atoms with Gasteiger partial charge in [0.2, 0.25) is 0 Å². The molecule has 3 heterocycles. The van der Waals surface area contributed by atoms with E-state index < -0.39 is 0 Å². The van der Waals surface area contributed by atoms with E-state index in [2.05, 4.69) is 31.1 Å². The molecule has 0 saturated carbocycles. The normalized spacial score (nSPS) is 26.9. The van der Waals surface area contributed by atoms with Gasteiger partial charge in [0.15, 0.2) is 0 Å². The minimum absolute atomic E-state index is 0.662.